The van der Waals surface area contributed by atoms with E-state index >= 15 is 0 Å². The highest BCUT2D eigenvalue weighted by molar-refractivity contribution is 5.09. The van der Waals surface area contributed by atoms with Crippen molar-refractivity contribution in [1.82, 2.24) is 4.98 Å². The number of rotatable bonds is 3. The lowest BCUT2D eigenvalue weighted by Gasteiger charge is -1.94. The Balaban J connectivity index is 2.89. The van der Waals surface area contributed by atoms with Crippen molar-refractivity contribution in [3.63, 3.8) is 0 Å². The number of hydrogen-bond donors (Lipinski definition) is 0. The number of hydrogen-bond acceptors (Lipinski definition) is 3. The summed E-state index contributed by atoms with van der Waals surface area (Å²) in [5.74, 6) is 1.61. The largest absolute Gasteiger partial charge is 0.445 e. The van der Waals surface area contributed by atoms with Crippen LogP contribution < -0.4 is 0 Å². The fourth-order valence-electron chi connectivity index (χ4n) is 0.940. The van der Waals surface area contributed by atoms with Gasteiger partial charge < -0.3 is 4.42 Å². The number of aromatic nitrogens is 1. The van der Waals surface area contributed by atoms with Gasteiger partial charge in [-0.1, -0.05) is 19.0 Å². The Hall–Kier alpha value is -1.48. The maximum Gasteiger partial charge on any atom is 0.197 e. The Morgan fingerprint density at radius 3 is 2.77 bits per heavy atom. The number of azide groups is 1. The second-order valence-electron chi connectivity index (χ2n) is 3.10. The van der Waals surface area contributed by atoms with Crippen molar-refractivity contribution in [2.75, 3.05) is 0 Å². The van der Waals surface area contributed by atoms with Gasteiger partial charge in [-0.2, -0.15) is 0 Å². The molecule has 1 aromatic rings. The lowest BCUT2D eigenvalue weighted by molar-refractivity contribution is 0.436. The molecule has 0 aromatic carbocycles. The molecule has 0 aliphatic carbocycles. The summed E-state index contributed by atoms with van der Waals surface area (Å²) in [6.45, 7) is 6.09. The van der Waals surface area contributed by atoms with E-state index in [9.17, 15) is 0 Å². The summed E-state index contributed by atoms with van der Waals surface area (Å²) in [6.07, 6.45) is 0. The average Bonchev–Trinajstić information content (AvgIpc) is 2.44. The number of oxazole rings is 1. The quantitative estimate of drug-likeness (QED) is 0.407. The van der Waals surface area contributed by atoms with Gasteiger partial charge >= 0.3 is 0 Å². The smallest absolute Gasteiger partial charge is 0.197 e. The SMILES string of the molecule is Cc1nc(C(C)C)oc1CN=[N+]=[N-]. The van der Waals surface area contributed by atoms with Crippen molar-refractivity contribution in [3.05, 3.63) is 27.8 Å². The standard InChI is InChI=1S/C8H12N4O/c1-5(2)8-11-6(3)7(13-8)4-10-12-9/h5H,4H2,1-3H3. The van der Waals surface area contributed by atoms with Crippen LogP contribution in [0.3, 0.4) is 0 Å². The predicted octanol–water partition coefficient (Wildman–Crippen LogP) is 2.92. The summed E-state index contributed by atoms with van der Waals surface area (Å²) < 4.78 is 5.40. The molecule has 1 aromatic heterocycles. The van der Waals surface area contributed by atoms with Crippen LogP contribution in [-0.2, 0) is 6.54 Å². The van der Waals surface area contributed by atoms with Gasteiger partial charge in [-0.25, -0.2) is 4.98 Å². The van der Waals surface area contributed by atoms with Crippen LogP contribution in [0, 0.1) is 6.92 Å². The van der Waals surface area contributed by atoms with Crippen LogP contribution in [0.4, 0.5) is 0 Å². The maximum atomic E-state index is 8.13. The molecule has 0 aliphatic rings. The highest BCUT2D eigenvalue weighted by Crippen LogP contribution is 2.18. The number of aryl methyl sites for hydroxylation is 1. The Morgan fingerprint density at radius 2 is 2.31 bits per heavy atom. The van der Waals surface area contributed by atoms with E-state index in [-0.39, 0.29) is 12.5 Å². The van der Waals surface area contributed by atoms with Crippen molar-refractivity contribution >= 4 is 0 Å². The van der Waals surface area contributed by atoms with Crippen molar-refractivity contribution in [1.29, 1.82) is 0 Å². The van der Waals surface area contributed by atoms with Crippen LogP contribution in [0.1, 0.15) is 37.1 Å². The maximum absolute atomic E-state index is 8.13. The third-order valence-electron chi connectivity index (χ3n) is 1.68. The molecule has 0 spiro atoms. The highest BCUT2D eigenvalue weighted by Gasteiger charge is 2.10. The van der Waals surface area contributed by atoms with Gasteiger partial charge in [0.15, 0.2) is 5.89 Å². The molecule has 1 heterocycles. The third kappa shape index (κ3) is 2.23. The minimum absolute atomic E-state index is 0.238. The van der Waals surface area contributed by atoms with E-state index in [0.717, 1.165) is 5.69 Å². The van der Waals surface area contributed by atoms with Crippen molar-refractivity contribution in [2.45, 2.75) is 33.2 Å². The summed E-state index contributed by atoms with van der Waals surface area (Å²) >= 11 is 0. The third-order valence-corrected chi connectivity index (χ3v) is 1.68. The summed E-state index contributed by atoms with van der Waals surface area (Å²) in [4.78, 5) is 6.88. The molecule has 5 nitrogen and oxygen atoms in total. The molecule has 0 saturated heterocycles. The van der Waals surface area contributed by atoms with E-state index < -0.39 is 0 Å². The molecule has 0 aliphatic heterocycles. The van der Waals surface area contributed by atoms with Crippen LogP contribution in [0.2, 0.25) is 0 Å². The normalized spacial score (nSPS) is 10.2. The van der Waals surface area contributed by atoms with Gasteiger partial charge in [0.25, 0.3) is 0 Å². The summed E-state index contributed by atoms with van der Waals surface area (Å²) in [5.41, 5.74) is 8.93. The average molecular weight is 180 g/mol. The Bertz CT molecular complexity index is 336. The zero-order chi connectivity index (χ0) is 9.84. The van der Waals surface area contributed by atoms with Crippen LogP contribution >= 0.6 is 0 Å². The molecule has 1 rings (SSSR count). The molecule has 0 atom stereocenters. The van der Waals surface area contributed by atoms with E-state index in [0.29, 0.717) is 11.7 Å². The summed E-state index contributed by atoms with van der Waals surface area (Å²) in [6, 6.07) is 0. The molecule has 0 amide bonds. The molecule has 0 saturated carbocycles. The zero-order valence-corrected chi connectivity index (χ0v) is 7.98. The molecule has 0 bridgehead atoms. The number of nitrogens with zero attached hydrogens (tertiary/aromatic N) is 4. The molecule has 5 heteroatoms. The molecule has 13 heavy (non-hydrogen) atoms. The van der Waals surface area contributed by atoms with Gasteiger partial charge in [0.05, 0.1) is 12.2 Å². The van der Waals surface area contributed by atoms with Crippen LogP contribution in [0.15, 0.2) is 9.53 Å². The first-order chi connectivity index (χ1) is 6.15. The lowest BCUT2D eigenvalue weighted by atomic mass is 10.2. The van der Waals surface area contributed by atoms with Gasteiger partial charge in [-0.05, 0) is 12.5 Å². The molecule has 70 valence electrons. The lowest BCUT2D eigenvalue weighted by Crippen LogP contribution is -1.85. The molecule has 0 fully saturated rings. The van der Waals surface area contributed by atoms with E-state index in [1.165, 1.54) is 0 Å². The minimum atomic E-state index is 0.238. The summed E-state index contributed by atoms with van der Waals surface area (Å²) in [5, 5.41) is 3.42. The van der Waals surface area contributed by atoms with E-state index in [2.05, 4.69) is 15.0 Å². The fraction of sp³-hybridized carbons (Fsp3) is 0.625. The van der Waals surface area contributed by atoms with Gasteiger partial charge in [-0.3, -0.25) is 0 Å². The second kappa shape index (κ2) is 3.96. The molecule has 0 radical (unpaired) electrons. The van der Waals surface area contributed by atoms with E-state index in [1.807, 2.05) is 20.8 Å². The first-order valence-corrected chi connectivity index (χ1v) is 4.12. The molecule has 0 N–H and O–H groups in total. The molecule has 0 unspecified atom stereocenters. The zero-order valence-electron chi connectivity index (χ0n) is 7.98. The van der Waals surface area contributed by atoms with E-state index in [4.69, 9.17) is 9.95 Å². The van der Waals surface area contributed by atoms with Crippen molar-refractivity contribution in [2.24, 2.45) is 5.11 Å². The van der Waals surface area contributed by atoms with Gasteiger partial charge in [0.2, 0.25) is 0 Å². The Morgan fingerprint density at radius 1 is 1.62 bits per heavy atom. The second-order valence-corrected chi connectivity index (χ2v) is 3.10. The minimum Gasteiger partial charge on any atom is -0.445 e. The van der Waals surface area contributed by atoms with Gasteiger partial charge in [0, 0.05) is 10.8 Å². The van der Waals surface area contributed by atoms with Crippen molar-refractivity contribution in [3.8, 4) is 0 Å². The fourth-order valence-corrected chi connectivity index (χ4v) is 0.940. The first kappa shape index (κ1) is 9.61. The molecular formula is C8H12N4O. The van der Waals surface area contributed by atoms with Gasteiger partial charge in [-0.15, -0.1) is 0 Å². The van der Waals surface area contributed by atoms with E-state index in [1.54, 1.807) is 0 Å². The van der Waals surface area contributed by atoms with Crippen LogP contribution in [0.25, 0.3) is 10.4 Å². The molecular weight excluding hydrogens is 168 g/mol. The summed E-state index contributed by atoms with van der Waals surface area (Å²) in [7, 11) is 0. The van der Waals surface area contributed by atoms with Gasteiger partial charge in [0.1, 0.15) is 5.76 Å². The van der Waals surface area contributed by atoms with Crippen LogP contribution in [-0.4, -0.2) is 4.98 Å². The highest BCUT2D eigenvalue weighted by atomic mass is 16.4. The Labute approximate surface area is 76.4 Å². The van der Waals surface area contributed by atoms with Crippen molar-refractivity contribution < 1.29 is 4.42 Å². The monoisotopic (exact) mass is 180 g/mol. The topological polar surface area (TPSA) is 74.8 Å². The first-order valence-electron chi connectivity index (χ1n) is 4.12. The Kier molecular flexibility index (Phi) is 2.93. The predicted molar refractivity (Wildman–Crippen MR) is 48.2 cm³/mol. The van der Waals surface area contributed by atoms with Crippen LogP contribution in [0.5, 0.6) is 0 Å².